The number of sulfonamides is 1. The van der Waals surface area contributed by atoms with E-state index in [0.717, 1.165) is 21.0 Å². The van der Waals surface area contributed by atoms with Crippen LogP contribution in [0.15, 0.2) is 28.6 Å². The van der Waals surface area contributed by atoms with E-state index in [1.165, 1.54) is 0 Å². The number of piperazine rings is 1. The van der Waals surface area contributed by atoms with Crippen LogP contribution in [0.4, 0.5) is 0 Å². The topological polar surface area (TPSA) is 79.4 Å². The van der Waals surface area contributed by atoms with E-state index in [1.54, 1.807) is 24.4 Å². The lowest BCUT2D eigenvalue weighted by Crippen LogP contribution is -2.50. The predicted molar refractivity (Wildman–Crippen MR) is 71.4 cm³/mol. The first-order valence-corrected chi connectivity index (χ1v) is 7.95. The van der Waals surface area contributed by atoms with Crippen LogP contribution < -0.4 is 5.32 Å². The molecule has 2 aromatic rings. The average Bonchev–Trinajstić information content (AvgIpc) is 2.83. The molecule has 100 valence electrons. The van der Waals surface area contributed by atoms with Crippen LogP contribution in [0.3, 0.4) is 0 Å². The smallest absolute Gasteiger partial charge is 0.276 e. The van der Waals surface area contributed by atoms with Gasteiger partial charge in [-0.3, -0.25) is 4.79 Å². The lowest BCUT2D eigenvalue weighted by atomic mass is 10.4. The van der Waals surface area contributed by atoms with Crippen LogP contribution >= 0.6 is 11.3 Å². The van der Waals surface area contributed by atoms with Crippen LogP contribution in [-0.4, -0.2) is 43.2 Å². The number of carbonyl (C=O) groups excluding carboxylic acids is 1. The van der Waals surface area contributed by atoms with Crippen molar-refractivity contribution in [3.05, 3.63) is 24.4 Å². The minimum absolute atomic E-state index is 0.0579. The lowest BCUT2D eigenvalue weighted by molar-refractivity contribution is -0.126. The van der Waals surface area contributed by atoms with Gasteiger partial charge in [-0.15, -0.1) is 11.3 Å². The maximum atomic E-state index is 12.4. The molecule has 8 heteroatoms. The van der Waals surface area contributed by atoms with Crippen LogP contribution in [-0.2, 0) is 14.8 Å². The van der Waals surface area contributed by atoms with Gasteiger partial charge >= 0.3 is 0 Å². The van der Waals surface area contributed by atoms with Crippen LogP contribution in [0.2, 0.25) is 0 Å². The Bertz CT molecular complexity index is 705. The Morgan fingerprint density at radius 2 is 2.26 bits per heavy atom. The van der Waals surface area contributed by atoms with Crippen LogP contribution in [0.5, 0.6) is 0 Å². The van der Waals surface area contributed by atoms with Crippen LogP contribution in [0, 0.1) is 0 Å². The third-order valence-corrected chi connectivity index (χ3v) is 6.19. The second-order valence-corrected chi connectivity index (χ2v) is 7.23. The Labute approximate surface area is 114 Å². The molecule has 0 radical (unpaired) electrons. The highest BCUT2D eigenvalue weighted by atomic mass is 32.2. The minimum Gasteiger partial charge on any atom is -0.307 e. The number of aromatic nitrogens is 1. The molecule has 0 atom stereocenters. The van der Waals surface area contributed by atoms with Gasteiger partial charge in [-0.2, -0.15) is 0 Å². The van der Waals surface area contributed by atoms with Crippen molar-refractivity contribution in [1.29, 1.82) is 0 Å². The van der Waals surface area contributed by atoms with E-state index < -0.39 is 15.9 Å². The molecule has 0 aliphatic carbocycles. The molecule has 1 aliphatic rings. The first-order valence-electron chi connectivity index (χ1n) is 5.70. The number of hydrogen-bond donors (Lipinski definition) is 1. The number of nitrogens with zero attached hydrogens (tertiary/aromatic N) is 2. The average molecular weight is 297 g/mol. The molecule has 0 bridgehead atoms. The number of nitrogens with one attached hydrogen (secondary N) is 1. The number of fused-ring (bicyclic) bond motifs is 1. The second-order valence-electron chi connectivity index (χ2n) is 4.11. The zero-order valence-electron chi connectivity index (χ0n) is 9.87. The Hall–Kier alpha value is -1.51. The molecule has 1 N–H and O–H groups in total. The molecule has 1 aliphatic heterocycles. The molecule has 3 heterocycles. The monoisotopic (exact) mass is 297 g/mol. The molecule has 1 saturated heterocycles. The van der Waals surface area contributed by atoms with Crippen molar-refractivity contribution in [3.63, 3.8) is 0 Å². The number of carbonyl (C=O) groups is 1. The summed E-state index contributed by atoms with van der Waals surface area (Å²) in [5.41, 5.74) is 0. The molecule has 0 aromatic carbocycles. The van der Waals surface area contributed by atoms with Gasteiger partial charge in [-0.25, -0.2) is 17.7 Å². The van der Waals surface area contributed by atoms with Gasteiger partial charge in [0.05, 0.1) is 6.54 Å². The summed E-state index contributed by atoms with van der Waals surface area (Å²) >= 11 is 1.09. The van der Waals surface area contributed by atoms with Gasteiger partial charge in [-0.05, 0) is 12.1 Å². The van der Waals surface area contributed by atoms with Crippen molar-refractivity contribution in [2.45, 2.75) is 4.21 Å². The third-order valence-electron chi connectivity index (χ3n) is 2.86. The Morgan fingerprint density at radius 1 is 1.42 bits per heavy atom. The SMILES string of the molecule is O=C1CNCCN1S(=O)(=O)c1cc2cccnc2s1. The highest BCUT2D eigenvalue weighted by molar-refractivity contribution is 7.92. The number of hydrogen-bond acceptors (Lipinski definition) is 6. The highest BCUT2D eigenvalue weighted by Gasteiger charge is 2.32. The molecule has 1 fully saturated rings. The van der Waals surface area contributed by atoms with E-state index in [4.69, 9.17) is 0 Å². The largest absolute Gasteiger partial charge is 0.307 e. The number of pyridine rings is 1. The van der Waals surface area contributed by atoms with Crippen molar-refractivity contribution in [2.24, 2.45) is 0 Å². The van der Waals surface area contributed by atoms with E-state index in [9.17, 15) is 13.2 Å². The van der Waals surface area contributed by atoms with Crippen molar-refractivity contribution in [2.75, 3.05) is 19.6 Å². The zero-order valence-corrected chi connectivity index (χ0v) is 11.5. The number of thiophene rings is 1. The summed E-state index contributed by atoms with van der Waals surface area (Å²) in [6, 6.07) is 5.12. The molecule has 0 saturated carbocycles. The summed E-state index contributed by atoms with van der Waals surface area (Å²) < 4.78 is 26.0. The molecule has 1 amide bonds. The second kappa shape index (κ2) is 4.55. The fraction of sp³-hybridized carbons (Fsp3) is 0.273. The highest BCUT2D eigenvalue weighted by Crippen LogP contribution is 2.29. The summed E-state index contributed by atoms with van der Waals surface area (Å²) in [4.78, 5) is 16.5. The minimum atomic E-state index is -3.75. The van der Waals surface area contributed by atoms with E-state index >= 15 is 0 Å². The fourth-order valence-electron chi connectivity index (χ4n) is 1.93. The third kappa shape index (κ3) is 2.11. The molecular formula is C11H11N3O3S2. The van der Waals surface area contributed by atoms with E-state index in [0.29, 0.717) is 11.4 Å². The lowest BCUT2D eigenvalue weighted by Gasteiger charge is -2.25. The maximum absolute atomic E-state index is 12.4. The van der Waals surface area contributed by atoms with Crippen molar-refractivity contribution in [1.82, 2.24) is 14.6 Å². The van der Waals surface area contributed by atoms with E-state index in [2.05, 4.69) is 10.3 Å². The summed E-state index contributed by atoms with van der Waals surface area (Å²) in [5.74, 6) is -0.420. The molecule has 3 rings (SSSR count). The Morgan fingerprint density at radius 3 is 3.00 bits per heavy atom. The first kappa shape index (κ1) is 12.5. The number of amides is 1. The predicted octanol–water partition coefficient (Wildman–Crippen LogP) is 0.417. The van der Waals surface area contributed by atoms with Crippen LogP contribution in [0.25, 0.3) is 10.2 Å². The van der Waals surface area contributed by atoms with Crippen molar-refractivity contribution in [3.8, 4) is 0 Å². The van der Waals surface area contributed by atoms with Crippen LogP contribution in [0.1, 0.15) is 0 Å². The van der Waals surface area contributed by atoms with Gasteiger partial charge in [0.15, 0.2) is 0 Å². The summed E-state index contributed by atoms with van der Waals surface area (Å²) in [5, 5.41) is 3.62. The van der Waals surface area contributed by atoms with Gasteiger partial charge in [0.25, 0.3) is 10.0 Å². The molecular weight excluding hydrogens is 286 g/mol. The van der Waals surface area contributed by atoms with Gasteiger partial charge < -0.3 is 5.32 Å². The molecule has 6 nitrogen and oxygen atoms in total. The van der Waals surface area contributed by atoms with Gasteiger partial charge in [0.2, 0.25) is 5.91 Å². The van der Waals surface area contributed by atoms with E-state index in [1.807, 2.05) is 0 Å². The maximum Gasteiger partial charge on any atom is 0.276 e. The Kier molecular flexibility index (Phi) is 3.00. The zero-order chi connectivity index (χ0) is 13.5. The molecule has 0 spiro atoms. The molecule has 2 aromatic heterocycles. The van der Waals surface area contributed by atoms with E-state index in [-0.39, 0.29) is 17.3 Å². The first-order chi connectivity index (χ1) is 9.09. The number of rotatable bonds is 2. The summed E-state index contributed by atoms with van der Waals surface area (Å²) in [6.07, 6.45) is 1.62. The summed E-state index contributed by atoms with van der Waals surface area (Å²) in [7, 11) is -3.75. The summed E-state index contributed by atoms with van der Waals surface area (Å²) in [6.45, 7) is 0.708. The normalized spacial score (nSPS) is 17.1. The Balaban J connectivity index is 2.06. The fourth-order valence-corrected chi connectivity index (χ4v) is 4.75. The van der Waals surface area contributed by atoms with Gasteiger partial charge in [0.1, 0.15) is 9.04 Å². The molecule has 0 unspecified atom stereocenters. The standard InChI is InChI=1S/C11H11N3O3S2/c15-9-7-12-4-5-14(9)19(16,17)10-6-8-2-1-3-13-11(8)18-10/h1-3,6,12H,4-5,7H2. The van der Waals surface area contributed by atoms with Gasteiger partial charge in [-0.1, -0.05) is 6.07 Å². The van der Waals surface area contributed by atoms with Crippen molar-refractivity contribution >= 4 is 37.5 Å². The van der Waals surface area contributed by atoms with Crippen molar-refractivity contribution < 1.29 is 13.2 Å². The quantitative estimate of drug-likeness (QED) is 0.869. The molecule has 19 heavy (non-hydrogen) atoms. The van der Waals surface area contributed by atoms with Gasteiger partial charge in [0, 0.05) is 24.7 Å².